The van der Waals surface area contributed by atoms with E-state index < -0.39 is 12.0 Å². The lowest BCUT2D eigenvalue weighted by Gasteiger charge is -2.14. The van der Waals surface area contributed by atoms with Gasteiger partial charge in [-0.15, -0.1) is 5.06 Å². The summed E-state index contributed by atoms with van der Waals surface area (Å²) in [5.74, 6) is -0.744. The Balaban J connectivity index is 4.09. The number of imide groups is 1. The van der Waals surface area contributed by atoms with E-state index in [0.29, 0.717) is 0 Å². The Morgan fingerprint density at radius 2 is 2.08 bits per heavy atom. The molecule has 70 valence electrons. The Hall–Kier alpha value is -1.14. The van der Waals surface area contributed by atoms with Crippen LogP contribution in [0.2, 0.25) is 0 Å². The van der Waals surface area contributed by atoms with Gasteiger partial charge in [-0.2, -0.15) is 0 Å². The summed E-state index contributed by atoms with van der Waals surface area (Å²) in [6.07, 6.45) is -1.45. The van der Waals surface area contributed by atoms with Crippen molar-refractivity contribution in [3.8, 4) is 0 Å². The minimum Gasteiger partial charge on any atom is -0.463 e. The van der Waals surface area contributed by atoms with Crippen molar-refractivity contribution in [1.82, 2.24) is 5.06 Å². The summed E-state index contributed by atoms with van der Waals surface area (Å²) in [7, 11) is 1.30. The quantitative estimate of drug-likeness (QED) is 0.616. The highest BCUT2D eigenvalue weighted by atomic mass is 16.7. The van der Waals surface area contributed by atoms with E-state index in [1.54, 1.807) is 6.92 Å². The lowest BCUT2D eigenvalue weighted by Crippen LogP contribution is -2.38. The van der Waals surface area contributed by atoms with Crippen LogP contribution in [0.25, 0.3) is 0 Å². The van der Waals surface area contributed by atoms with Crippen LogP contribution >= 0.6 is 0 Å². The van der Waals surface area contributed by atoms with E-state index in [9.17, 15) is 9.59 Å². The smallest absolute Gasteiger partial charge is 0.439 e. The predicted octanol–water partition coefficient (Wildman–Crippen LogP) is 0.0909. The maximum absolute atomic E-state index is 10.9. The minimum atomic E-state index is -1.45. The summed E-state index contributed by atoms with van der Waals surface area (Å²) in [6, 6.07) is 0. The number of carbonyl (C=O) groups is 2. The lowest BCUT2D eigenvalue weighted by molar-refractivity contribution is -0.175. The van der Waals surface area contributed by atoms with Gasteiger partial charge in [0.15, 0.2) is 0 Å². The Labute approximate surface area is 69.6 Å². The number of methoxy groups -OCH3 is 1. The highest BCUT2D eigenvalue weighted by molar-refractivity contribution is 5.90. The number of nitrogens with zero attached hydrogens (tertiary/aromatic N) is 1. The number of amides is 2. The van der Waals surface area contributed by atoms with E-state index in [0.717, 1.165) is 0 Å². The highest BCUT2D eigenvalue weighted by Gasteiger charge is 2.20. The van der Waals surface area contributed by atoms with Crippen molar-refractivity contribution < 1.29 is 24.3 Å². The van der Waals surface area contributed by atoms with E-state index in [-0.39, 0.29) is 18.3 Å². The van der Waals surface area contributed by atoms with Crippen LogP contribution in [-0.4, -0.2) is 42.5 Å². The first-order valence-corrected chi connectivity index (χ1v) is 3.31. The molecule has 0 radical (unpaired) electrons. The van der Waals surface area contributed by atoms with E-state index >= 15 is 0 Å². The summed E-state index contributed by atoms with van der Waals surface area (Å²) in [5.41, 5.74) is 0. The van der Waals surface area contributed by atoms with Gasteiger partial charge in [0.2, 0.25) is 0 Å². The first-order chi connectivity index (χ1) is 5.63. The van der Waals surface area contributed by atoms with Crippen LogP contribution in [-0.2, 0) is 14.4 Å². The summed E-state index contributed by atoms with van der Waals surface area (Å²) in [4.78, 5) is 25.7. The van der Waals surface area contributed by atoms with Crippen molar-refractivity contribution in [3.05, 3.63) is 0 Å². The number of rotatable bonds is 4. The van der Waals surface area contributed by atoms with Gasteiger partial charge in [0.25, 0.3) is 5.91 Å². The normalized spacial score (nSPS) is 9.50. The van der Waals surface area contributed by atoms with Crippen LogP contribution < -0.4 is 0 Å². The maximum Gasteiger partial charge on any atom is 0.439 e. The van der Waals surface area contributed by atoms with Gasteiger partial charge in [0.05, 0.1) is 6.61 Å². The zero-order chi connectivity index (χ0) is 9.56. The standard InChI is InChI=1S/C6H11NO5/c1-3-12-7(6(9)10)5(8)4-11-2/h3-4H2,1-2H3,(H,9,10). The third-order valence-electron chi connectivity index (χ3n) is 0.926. The Morgan fingerprint density at radius 3 is 2.42 bits per heavy atom. The Bertz CT molecular complexity index is 169. The van der Waals surface area contributed by atoms with Gasteiger partial charge in [-0.1, -0.05) is 0 Å². The van der Waals surface area contributed by atoms with Gasteiger partial charge < -0.3 is 9.84 Å². The molecule has 0 bridgehead atoms. The van der Waals surface area contributed by atoms with Gasteiger partial charge in [0.1, 0.15) is 6.61 Å². The first kappa shape index (κ1) is 10.9. The molecule has 0 aromatic heterocycles. The predicted molar refractivity (Wildman–Crippen MR) is 38.4 cm³/mol. The molecule has 0 aromatic rings. The molecule has 0 saturated carbocycles. The molecule has 0 aliphatic rings. The molecule has 0 rings (SSSR count). The van der Waals surface area contributed by atoms with Crippen LogP contribution in [0.3, 0.4) is 0 Å². The minimum absolute atomic E-state index is 0.113. The lowest BCUT2D eigenvalue weighted by atomic mass is 10.6. The zero-order valence-corrected chi connectivity index (χ0v) is 6.94. The molecule has 0 aromatic carbocycles. The van der Waals surface area contributed by atoms with Crippen molar-refractivity contribution >= 4 is 12.0 Å². The van der Waals surface area contributed by atoms with E-state index in [2.05, 4.69) is 9.57 Å². The van der Waals surface area contributed by atoms with Gasteiger partial charge in [-0.3, -0.25) is 9.63 Å². The summed E-state index contributed by atoms with van der Waals surface area (Å²) in [6.45, 7) is 1.38. The molecule has 0 unspecified atom stereocenters. The second kappa shape index (κ2) is 5.50. The van der Waals surface area contributed by atoms with Crippen molar-refractivity contribution in [3.63, 3.8) is 0 Å². The average Bonchev–Trinajstić information content (AvgIpc) is 1.99. The number of carboxylic acid groups (broad SMARTS) is 1. The number of hydrogen-bond acceptors (Lipinski definition) is 4. The largest absolute Gasteiger partial charge is 0.463 e. The number of hydrogen-bond donors (Lipinski definition) is 1. The molecule has 0 saturated heterocycles. The van der Waals surface area contributed by atoms with Crippen LogP contribution in [0.4, 0.5) is 4.79 Å². The molecule has 0 aliphatic heterocycles. The molecular formula is C6H11NO5. The van der Waals surface area contributed by atoms with Crippen LogP contribution in [0.5, 0.6) is 0 Å². The van der Waals surface area contributed by atoms with Crippen molar-refractivity contribution in [2.75, 3.05) is 20.3 Å². The van der Waals surface area contributed by atoms with Gasteiger partial charge >= 0.3 is 6.09 Å². The number of ether oxygens (including phenoxy) is 1. The molecule has 0 aliphatic carbocycles. The molecule has 0 atom stereocenters. The Morgan fingerprint density at radius 1 is 1.50 bits per heavy atom. The summed E-state index contributed by atoms with van der Waals surface area (Å²) < 4.78 is 4.45. The average molecular weight is 177 g/mol. The fraction of sp³-hybridized carbons (Fsp3) is 0.667. The van der Waals surface area contributed by atoms with Gasteiger partial charge in [0, 0.05) is 7.11 Å². The van der Waals surface area contributed by atoms with Crippen molar-refractivity contribution in [2.45, 2.75) is 6.92 Å². The Kier molecular flexibility index (Phi) is 4.98. The van der Waals surface area contributed by atoms with E-state index in [1.165, 1.54) is 7.11 Å². The van der Waals surface area contributed by atoms with Gasteiger partial charge in [-0.25, -0.2) is 4.79 Å². The van der Waals surface area contributed by atoms with Crippen molar-refractivity contribution in [2.24, 2.45) is 0 Å². The molecule has 6 heteroatoms. The maximum atomic E-state index is 10.9. The third-order valence-corrected chi connectivity index (χ3v) is 0.926. The molecule has 12 heavy (non-hydrogen) atoms. The van der Waals surface area contributed by atoms with Crippen molar-refractivity contribution in [1.29, 1.82) is 0 Å². The number of carbonyl (C=O) groups excluding carboxylic acids is 1. The summed E-state index contributed by atoms with van der Waals surface area (Å²) in [5, 5.41) is 8.68. The SMILES string of the molecule is CCON(C(=O)O)C(=O)COC. The molecule has 2 amide bonds. The van der Waals surface area contributed by atoms with Crippen LogP contribution in [0, 0.1) is 0 Å². The monoisotopic (exact) mass is 177 g/mol. The third kappa shape index (κ3) is 3.31. The topological polar surface area (TPSA) is 76.1 Å². The molecule has 1 N–H and O–H groups in total. The van der Waals surface area contributed by atoms with E-state index in [1.807, 2.05) is 0 Å². The fourth-order valence-electron chi connectivity index (χ4n) is 0.545. The number of hydroxylamine groups is 2. The molecule has 0 heterocycles. The summed E-state index contributed by atoms with van der Waals surface area (Å²) >= 11 is 0. The second-order valence-electron chi connectivity index (χ2n) is 1.82. The van der Waals surface area contributed by atoms with Crippen LogP contribution in [0.15, 0.2) is 0 Å². The van der Waals surface area contributed by atoms with E-state index in [4.69, 9.17) is 5.11 Å². The molecular weight excluding hydrogens is 166 g/mol. The fourth-order valence-corrected chi connectivity index (χ4v) is 0.545. The molecule has 0 spiro atoms. The van der Waals surface area contributed by atoms with Crippen LogP contribution in [0.1, 0.15) is 6.92 Å². The highest BCUT2D eigenvalue weighted by Crippen LogP contribution is 1.93. The first-order valence-electron chi connectivity index (χ1n) is 3.31. The molecule has 6 nitrogen and oxygen atoms in total. The zero-order valence-electron chi connectivity index (χ0n) is 6.94. The second-order valence-corrected chi connectivity index (χ2v) is 1.82. The molecule has 0 fully saturated rings. The van der Waals surface area contributed by atoms with Gasteiger partial charge in [-0.05, 0) is 6.92 Å².